The van der Waals surface area contributed by atoms with Gasteiger partial charge in [-0.05, 0) is 85.7 Å². The molecule has 8 nitrogen and oxygen atoms in total. The molecule has 200 valence electrons. The van der Waals surface area contributed by atoms with Crippen molar-refractivity contribution in [1.82, 2.24) is 24.1 Å². The Labute approximate surface area is 231 Å². The molecule has 38 heavy (non-hydrogen) atoms. The van der Waals surface area contributed by atoms with E-state index in [4.69, 9.17) is 4.74 Å². The highest BCUT2D eigenvalue weighted by atomic mass is 79.9. The van der Waals surface area contributed by atoms with E-state index in [2.05, 4.69) is 37.7 Å². The van der Waals surface area contributed by atoms with E-state index >= 15 is 0 Å². The summed E-state index contributed by atoms with van der Waals surface area (Å²) in [4.78, 5) is 30.0. The maximum absolute atomic E-state index is 13.5. The second kappa shape index (κ2) is 9.29. The van der Waals surface area contributed by atoms with Gasteiger partial charge in [-0.1, -0.05) is 6.08 Å². The van der Waals surface area contributed by atoms with Gasteiger partial charge in [0.15, 0.2) is 0 Å². The van der Waals surface area contributed by atoms with Gasteiger partial charge < -0.3 is 19.1 Å². The van der Waals surface area contributed by atoms with Crippen LogP contribution in [0.5, 0.6) is 0 Å². The van der Waals surface area contributed by atoms with Gasteiger partial charge in [-0.15, -0.1) is 0 Å². The lowest BCUT2D eigenvalue weighted by Gasteiger charge is -2.30. The van der Waals surface area contributed by atoms with Gasteiger partial charge in [0.05, 0.1) is 30.5 Å². The molecule has 0 unspecified atom stereocenters. The smallest absolute Gasteiger partial charge is 0.410 e. The number of carbonyl (C=O) groups excluding carboxylic acids is 2. The van der Waals surface area contributed by atoms with E-state index in [1.165, 1.54) is 12.8 Å². The fraction of sp³-hybridized carbons (Fsp3) is 0.483. The lowest BCUT2D eigenvalue weighted by Crippen LogP contribution is -2.39. The van der Waals surface area contributed by atoms with Crippen LogP contribution < -0.4 is 0 Å². The summed E-state index contributed by atoms with van der Waals surface area (Å²) in [6, 6.07) is 6.17. The minimum absolute atomic E-state index is 0.0216. The first-order valence-electron chi connectivity index (χ1n) is 13.4. The zero-order valence-electron chi connectivity index (χ0n) is 22.5. The largest absolute Gasteiger partial charge is 0.444 e. The fourth-order valence-corrected chi connectivity index (χ4v) is 6.21. The van der Waals surface area contributed by atoms with Crippen LogP contribution >= 0.6 is 15.9 Å². The first-order chi connectivity index (χ1) is 18.1. The molecule has 1 saturated carbocycles. The Morgan fingerprint density at radius 1 is 1.11 bits per heavy atom. The summed E-state index contributed by atoms with van der Waals surface area (Å²) in [7, 11) is 1.92. The third-order valence-electron chi connectivity index (χ3n) is 7.60. The van der Waals surface area contributed by atoms with Gasteiger partial charge in [-0.3, -0.25) is 9.48 Å². The summed E-state index contributed by atoms with van der Waals surface area (Å²) in [6.45, 7) is 8.94. The Morgan fingerprint density at radius 3 is 2.61 bits per heavy atom. The molecule has 3 aliphatic rings. The molecule has 2 aromatic heterocycles. The molecule has 0 atom stereocenters. The van der Waals surface area contributed by atoms with Crippen LogP contribution in [0.2, 0.25) is 0 Å². The quantitative estimate of drug-likeness (QED) is 0.396. The average molecular weight is 581 g/mol. The minimum Gasteiger partial charge on any atom is -0.444 e. The number of fused-ring (bicyclic) bond motifs is 2. The molecule has 0 spiro atoms. The highest BCUT2D eigenvalue weighted by Gasteiger charge is 2.31. The zero-order valence-corrected chi connectivity index (χ0v) is 24.0. The minimum atomic E-state index is -0.527. The van der Waals surface area contributed by atoms with Crippen molar-refractivity contribution in [3.05, 3.63) is 57.5 Å². The van der Waals surface area contributed by atoms with Crippen molar-refractivity contribution in [3.8, 4) is 0 Å². The highest BCUT2D eigenvalue weighted by Crippen LogP contribution is 2.38. The van der Waals surface area contributed by atoms with Crippen molar-refractivity contribution >= 4 is 44.4 Å². The molecule has 9 heteroatoms. The van der Waals surface area contributed by atoms with Gasteiger partial charge in [0.25, 0.3) is 5.91 Å². The molecule has 1 aromatic carbocycles. The maximum atomic E-state index is 13.5. The summed E-state index contributed by atoms with van der Waals surface area (Å²) in [6.07, 6.45) is 7.08. The third kappa shape index (κ3) is 4.77. The van der Waals surface area contributed by atoms with Crippen LogP contribution in [0.25, 0.3) is 16.5 Å². The summed E-state index contributed by atoms with van der Waals surface area (Å²) < 4.78 is 10.8. The van der Waals surface area contributed by atoms with Gasteiger partial charge in [0, 0.05) is 53.4 Å². The van der Waals surface area contributed by atoms with E-state index < -0.39 is 5.60 Å². The number of carbonyl (C=O) groups is 2. The summed E-state index contributed by atoms with van der Waals surface area (Å²) in [5.41, 5.74) is 5.69. The number of benzene rings is 1. The van der Waals surface area contributed by atoms with Crippen molar-refractivity contribution in [2.75, 3.05) is 13.1 Å². The Bertz CT molecular complexity index is 1470. The van der Waals surface area contributed by atoms with Crippen LogP contribution in [0.3, 0.4) is 0 Å². The van der Waals surface area contributed by atoms with Crippen molar-refractivity contribution in [2.24, 2.45) is 13.0 Å². The van der Waals surface area contributed by atoms with Crippen LogP contribution in [-0.2, 0) is 31.4 Å². The highest BCUT2D eigenvalue weighted by molar-refractivity contribution is 9.10. The van der Waals surface area contributed by atoms with Gasteiger partial charge in [0.1, 0.15) is 5.60 Å². The van der Waals surface area contributed by atoms with Crippen molar-refractivity contribution in [3.63, 3.8) is 0 Å². The second-order valence-electron chi connectivity index (χ2n) is 11.8. The van der Waals surface area contributed by atoms with Crippen LogP contribution in [0.1, 0.15) is 67.3 Å². The number of hydrogen-bond donors (Lipinski definition) is 0. The predicted octanol–water partition coefficient (Wildman–Crippen LogP) is 5.73. The molecule has 1 aliphatic carbocycles. The lowest BCUT2D eigenvalue weighted by molar-refractivity contribution is 0.0272. The molecule has 4 heterocycles. The van der Waals surface area contributed by atoms with Crippen LogP contribution in [0.4, 0.5) is 4.79 Å². The predicted molar refractivity (Wildman–Crippen MR) is 150 cm³/mol. The molecule has 0 N–H and O–H groups in total. The molecule has 2 amide bonds. The maximum Gasteiger partial charge on any atom is 0.410 e. The van der Waals surface area contributed by atoms with Crippen LogP contribution in [-0.4, -0.2) is 54.8 Å². The Hall–Kier alpha value is -3.07. The Balaban J connectivity index is 1.32. The van der Waals surface area contributed by atoms with E-state index in [-0.39, 0.29) is 12.0 Å². The van der Waals surface area contributed by atoms with Crippen LogP contribution in [0.15, 0.2) is 34.9 Å². The first-order valence-corrected chi connectivity index (χ1v) is 14.2. The van der Waals surface area contributed by atoms with E-state index in [0.717, 1.165) is 50.9 Å². The van der Waals surface area contributed by atoms with Gasteiger partial charge in [-0.2, -0.15) is 5.10 Å². The Morgan fingerprint density at radius 2 is 1.89 bits per heavy atom. The second-order valence-corrected chi connectivity index (χ2v) is 12.7. The number of hydrogen-bond acceptors (Lipinski definition) is 4. The summed E-state index contributed by atoms with van der Waals surface area (Å²) in [5, 5.41) is 5.34. The normalized spacial score (nSPS) is 17.7. The number of nitrogens with zero attached hydrogens (tertiary/aromatic N) is 5. The Kier molecular flexibility index (Phi) is 6.17. The molecule has 2 aliphatic heterocycles. The van der Waals surface area contributed by atoms with Crippen molar-refractivity contribution in [1.29, 1.82) is 0 Å². The number of halogens is 1. The SMILES string of the molecule is Cn1ncc2c1CN(C(=O)c1cc(Br)c3c(c1)cc(C1=CCCN(C(=O)OC(C)(C)C)C1)n3CC1CC1)C2. The molecule has 1 fully saturated rings. The van der Waals surface area contributed by atoms with E-state index in [1.54, 1.807) is 4.90 Å². The van der Waals surface area contributed by atoms with Gasteiger partial charge >= 0.3 is 6.09 Å². The van der Waals surface area contributed by atoms with E-state index in [0.29, 0.717) is 37.7 Å². The fourth-order valence-electron chi connectivity index (χ4n) is 5.52. The molecule has 0 bridgehead atoms. The molecule has 6 rings (SSSR count). The average Bonchev–Trinajstić information content (AvgIpc) is 3.30. The van der Waals surface area contributed by atoms with Crippen molar-refractivity contribution in [2.45, 2.75) is 65.3 Å². The monoisotopic (exact) mass is 579 g/mol. The molecule has 0 saturated heterocycles. The van der Waals surface area contributed by atoms with E-state index in [1.807, 2.05) is 55.7 Å². The standard InChI is InChI=1S/C29H34BrN5O3/c1-29(2,3)38-28(37)33-9-5-6-19(15-33)24-12-20-10-21(11-23(30)26(20)35(24)14-18-7-8-18)27(36)34-16-22-13-31-32(4)25(22)17-34/h6,10-13,18H,5,7-9,14-17H2,1-4H3. The summed E-state index contributed by atoms with van der Waals surface area (Å²) >= 11 is 3.81. The number of aromatic nitrogens is 3. The lowest BCUT2D eigenvalue weighted by atomic mass is 10.1. The van der Waals surface area contributed by atoms with Gasteiger partial charge in [-0.25, -0.2) is 4.79 Å². The number of amides is 2. The summed E-state index contributed by atoms with van der Waals surface area (Å²) in [5.74, 6) is 0.689. The number of rotatable bonds is 4. The zero-order chi connectivity index (χ0) is 26.8. The van der Waals surface area contributed by atoms with E-state index in [9.17, 15) is 9.59 Å². The number of aryl methyl sites for hydroxylation is 1. The van der Waals surface area contributed by atoms with Crippen LogP contribution in [0, 0.1) is 5.92 Å². The molecular formula is C29H34BrN5O3. The topological polar surface area (TPSA) is 72.6 Å². The molecular weight excluding hydrogens is 546 g/mol. The first kappa shape index (κ1) is 25.2. The molecule has 0 radical (unpaired) electrons. The number of ether oxygens (including phenoxy) is 1. The molecule has 3 aromatic rings. The van der Waals surface area contributed by atoms with Gasteiger partial charge in [0.2, 0.25) is 0 Å². The third-order valence-corrected chi connectivity index (χ3v) is 8.20. The van der Waals surface area contributed by atoms with Crippen molar-refractivity contribution < 1.29 is 14.3 Å².